The highest BCUT2D eigenvalue weighted by Crippen LogP contribution is 2.16. The summed E-state index contributed by atoms with van der Waals surface area (Å²) in [6.07, 6.45) is 1.06. The first-order valence-electron chi connectivity index (χ1n) is 7.36. The SMILES string of the molecule is CCN(CC)CCCNCc1ccc(S(=O)(=O)N(C)C)o1. The zero-order valence-corrected chi connectivity index (χ0v) is 14.2. The van der Waals surface area contributed by atoms with Crippen molar-refractivity contribution in [3.63, 3.8) is 0 Å². The standard InChI is InChI=1S/C14H27N3O3S/c1-5-17(6-2)11-7-10-15-12-13-8-9-14(20-13)21(18,19)16(3)4/h8-9,15H,5-7,10-12H2,1-4H3. The molecule has 0 unspecified atom stereocenters. The summed E-state index contributed by atoms with van der Waals surface area (Å²) in [5, 5.41) is 3.26. The van der Waals surface area contributed by atoms with Gasteiger partial charge in [0.15, 0.2) is 0 Å². The molecule has 0 saturated carbocycles. The molecule has 0 spiro atoms. The van der Waals surface area contributed by atoms with Gasteiger partial charge in [-0.05, 0) is 44.7 Å². The summed E-state index contributed by atoms with van der Waals surface area (Å²) >= 11 is 0. The van der Waals surface area contributed by atoms with Gasteiger partial charge in [-0.3, -0.25) is 0 Å². The van der Waals surface area contributed by atoms with Crippen molar-refractivity contribution >= 4 is 10.0 Å². The van der Waals surface area contributed by atoms with Crippen molar-refractivity contribution in [1.82, 2.24) is 14.5 Å². The van der Waals surface area contributed by atoms with E-state index in [2.05, 4.69) is 24.1 Å². The summed E-state index contributed by atoms with van der Waals surface area (Å²) in [6, 6.07) is 3.20. The van der Waals surface area contributed by atoms with Gasteiger partial charge in [0.2, 0.25) is 5.09 Å². The Labute approximate surface area is 128 Å². The average Bonchev–Trinajstić information content (AvgIpc) is 2.92. The fourth-order valence-corrected chi connectivity index (χ4v) is 2.76. The molecule has 122 valence electrons. The first-order chi connectivity index (χ1) is 9.91. The zero-order chi connectivity index (χ0) is 15.9. The minimum atomic E-state index is -3.48. The van der Waals surface area contributed by atoms with Gasteiger partial charge in [0.25, 0.3) is 10.0 Å². The fourth-order valence-electron chi connectivity index (χ4n) is 1.95. The second-order valence-electron chi connectivity index (χ2n) is 5.07. The Hall–Kier alpha value is -0.890. The van der Waals surface area contributed by atoms with Crippen molar-refractivity contribution in [2.24, 2.45) is 0 Å². The van der Waals surface area contributed by atoms with Crippen LogP contribution in [-0.2, 0) is 16.6 Å². The number of hydrogen-bond donors (Lipinski definition) is 1. The van der Waals surface area contributed by atoms with Crippen LogP contribution < -0.4 is 5.32 Å². The predicted molar refractivity (Wildman–Crippen MR) is 83.7 cm³/mol. The van der Waals surface area contributed by atoms with E-state index < -0.39 is 10.0 Å². The second-order valence-corrected chi connectivity index (χ2v) is 7.15. The summed E-state index contributed by atoms with van der Waals surface area (Å²) in [7, 11) is -0.499. The maximum absolute atomic E-state index is 11.9. The molecule has 0 fully saturated rings. The van der Waals surface area contributed by atoms with Crippen LogP contribution in [0.25, 0.3) is 0 Å². The molecule has 0 saturated heterocycles. The number of sulfonamides is 1. The Bertz CT molecular complexity index is 507. The Kier molecular flexibility index (Phi) is 7.37. The maximum Gasteiger partial charge on any atom is 0.275 e. The lowest BCUT2D eigenvalue weighted by Crippen LogP contribution is -2.27. The van der Waals surface area contributed by atoms with E-state index in [1.807, 2.05) is 0 Å². The Morgan fingerprint density at radius 1 is 1.19 bits per heavy atom. The Morgan fingerprint density at radius 2 is 1.86 bits per heavy atom. The molecule has 0 radical (unpaired) electrons. The summed E-state index contributed by atoms with van der Waals surface area (Å²) in [4.78, 5) is 2.37. The van der Waals surface area contributed by atoms with Crippen LogP contribution in [0.15, 0.2) is 21.6 Å². The van der Waals surface area contributed by atoms with Gasteiger partial charge < -0.3 is 14.6 Å². The third-order valence-electron chi connectivity index (χ3n) is 3.39. The molecule has 1 aromatic rings. The van der Waals surface area contributed by atoms with Crippen LogP contribution in [0.3, 0.4) is 0 Å². The molecule has 7 heteroatoms. The molecule has 0 aliphatic carbocycles. The highest BCUT2D eigenvalue weighted by atomic mass is 32.2. The van der Waals surface area contributed by atoms with E-state index in [0.717, 1.165) is 36.9 Å². The molecule has 0 aliphatic rings. The lowest BCUT2D eigenvalue weighted by atomic mass is 10.3. The van der Waals surface area contributed by atoms with Crippen molar-refractivity contribution in [2.75, 3.05) is 40.3 Å². The molecular formula is C14H27N3O3S. The molecule has 0 bridgehead atoms. The van der Waals surface area contributed by atoms with E-state index in [4.69, 9.17) is 4.42 Å². The highest BCUT2D eigenvalue weighted by Gasteiger charge is 2.21. The first kappa shape index (κ1) is 18.2. The van der Waals surface area contributed by atoms with Gasteiger partial charge in [-0.2, -0.15) is 0 Å². The molecule has 0 amide bonds. The summed E-state index contributed by atoms with van der Waals surface area (Å²) in [6.45, 7) is 8.95. The van der Waals surface area contributed by atoms with Crippen molar-refractivity contribution in [1.29, 1.82) is 0 Å². The van der Waals surface area contributed by atoms with E-state index in [0.29, 0.717) is 12.3 Å². The minimum Gasteiger partial charge on any atom is -0.447 e. The van der Waals surface area contributed by atoms with Gasteiger partial charge in [0.1, 0.15) is 5.76 Å². The van der Waals surface area contributed by atoms with Crippen molar-refractivity contribution in [3.8, 4) is 0 Å². The number of rotatable bonds is 10. The van der Waals surface area contributed by atoms with E-state index in [-0.39, 0.29) is 5.09 Å². The number of nitrogens with one attached hydrogen (secondary N) is 1. The molecule has 1 aromatic heterocycles. The van der Waals surface area contributed by atoms with Gasteiger partial charge in [-0.15, -0.1) is 0 Å². The Morgan fingerprint density at radius 3 is 2.43 bits per heavy atom. The van der Waals surface area contributed by atoms with Crippen molar-refractivity contribution in [2.45, 2.75) is 31.9 Å². The average molecular weight is 317 g/mol. The van der Waals surface area contributed by atoms with Crippen LogP contribution in [0.1, 0.15) is 26.0 Å². The fraction of sp³-hybridized carbons (Fsp3) is 0.714. The highest BCUT2D eigenvalue weighted by molar-refractivity contribution is 7.88. The van der Waals surface area contributed by atoms with Crippen LogP contribution in [0.5, 0.6) is 0 Å². The number of furan rings is 1. The van der Waals surface area contributed by atoms with Gasteiger partial charge in [0, 0.05) is 14.1 Å². The molecule has 1 rings (SSSR count). The van der Waals surface area contributed by atoms with Crippen LogP contribution >= 0.6 is 0 Å². The number of nitrogens with zero attached hydrogens (tertiary/aromatic N) is 2. The van der Waals surface area contributed by atoms with E-state index in [9.17, 15) is 8.42 Å². The lowest BCUT2D eigenvalue weighted by Gasteiger charge is -2.17. The maximum atomic E-state index is 11.9. The van der Waals surface area contributed by atoms with E-state index in [1.165, 1.54) is 20.2 Å². The third-order valence-corrected chi connectivity index (χ3v) is 5.08. The van der Waals surface area contributed by atoms with Crippen LogP contribution in [0.2, 0.25) is 0 Å². The second kappa shape index (κ2) is 8.53. The van der Waals surface area contributed by atoms with Crippen LogP contribution in [-0.4, -0.2) is 57.9 Å². The number of hydrogen-bond acceptors (Lipinski definition) is 5. The molecule has 0 aliphatic heterocycles. The van der Waals surface area contributed by atoms with Gasteiger partial charge in [-0.25, -0.2) is 12.7 Å². The largest absolute Gasteiger partial charge is 0.447 e. The molecular weight excluding hydrogens is 290 g/mol. The lowest BCUT2D eigenvalue weighted by molar-refractivity contribution is 0.296. The quantitative estimate of drug-likeness (QED) is 0.660. The molecule has 1 N–H and O–H groups in total. The summed E-state index contributed by atoms with van der Waals surface area (Å²) < 4.78 is 30.3. The molecule has 0 atom stereocenters. The van der Waals surface area contributed by atoms with Crippen LogP contribution in [0.4, 0.5) is 0 Å². The van der Waals surface area contributed by atoms with E-state index >= 15 is 0 Å². The molecule has 1 heterocycles. The smallest absolute Gasteiger partial charge is 0.275 e. The third kappa shape index (κ3) is 5.43. The van der Waals surface area contributed by atoms with Gasteiger partial charge >= 0.3 is 0 Å². The topological polar surface area (TPSA) is 65.8 Å². The molecule has 0 aromatic carbocycles. The van der Waals surface area contributed by atoms with Crippen molar-refractivity contribution < 1.29 is 12.8 Å². The van der Waals surface area contributed by atoms with Crippen LogP contribution in [0, 0.1) is 0 Å². The first-order valence-corrected chi connectivity index (χ1v) is 8.80. The Balaban J connectivity index is 2.36. The minimum absolute atomic E-state index is 0.00700. The molecule has 21 heavy (non-hydrogen) atoms. The molecule has 6 nitrogen and oxygen atoms in total. The summed E-state index contributed by atoms with van der Waals surface area (Å²) in [5.41, 5.74) is 0. The van der Waals surface area contributed by atoms with Crippen molar-refractivity contribution in [3.05, 3.63) is 17.9 Å². The van der Waals surface area contributed by atoms with Gasteiger partial charge in [0.05, 0.1) is 6.54 Å². The normalized spacial score (nSPS) is 12.5. The predicted octanol–water partition coefficient (Wildman–Crippen LogP) is 1.35. The van der Waals surface area contributed by atoms with E-state index in [1.54, 1.807) is 6.07 Å². The summed E-state index contributed by atoms with van der Waals surface area (Å²) in [5.74, 6) is 0.637. The van der Waals surface area contributed by atoms with Gasteiger partial charge in [-0.1, -0.05) is 13.8 Å². The zero-order valence-electron chi connectivity index (χ0n) is 13.4. The monoisotopic (exact) mass is 317 g/mol.